The van der Waals surface area contributed by atoms with Crippen molar-refractivity contribution in [2.24, 2.45) is 0 Å². The Labute approximate surface area is 66.2 Å². The van der Waals surface area contributed by atoms with Gasteiger partial charge in [-0.25, -0.2) is 0 Å². The Balaban J connectivity index is 3.08. The molecule has 12 heavy (non-hydrogen) atoms. The van der Waals surface area contributed by atoms with Gasteiger partial charge in [0.1, 0.15) is 5.69 Å². The van der Waals surface area contributed by atoms with E-state index in [1.54, 1.807) is 5.10 Å². The maximum Gasteiger partial charge on any atom is 0.433 e. The zero-order valence-corrected chi connectivity index (χ0v) is 6.18. The number of alkyl halides is 3. The minimum absolute atomic E-state index is 0.234. The van der Waals surface area contributed by atoms with Gasteiger partial charge in [0.2, 0.25) is 0 Å². The van der Waals surface area contributed by atoms with Crippen molar-refractivity contribution in [2.75, 3.05) is 0 Å². The topological polar surface area (TPSA) is 48.9 Å². The number of aliphatic hydroxyl groups is 1. The standard InChI is InChI=1S/C6H7F3N2O/c1-3(12)4-2-10-11-5(4)6(7,8)9/h2-3,12H,1H3,(H,10,11). The Kier molecular flexibility index (Phi) is 2.10. The first-order valence-electron chi connectivity index (χ1n) is 3.21. The van der Waals surface area contributed by atoms with Gasteiger partial charge >= 0.3 is 6.18 Å². The van der Waals surface area contributed by atoms with Gasteiger partial charge in [0.15, 0.2) is 0 Å². The molecule has 0 bridgehead atoms. The molecule has 1 aromatic heterocycles. The van der Waals surface area contributed by atoms with Crippen LogP contribution in [0.25, 0.3) is 0 Å². The third kappa shape index (κ3) is 1.58. The van der Waals surface area contributed by atoms with Gasteiger partial charge in [0, 0.05) is 5.56 Å². The van der Waals surface area contributed by atoms with Crippen LogP contribution >= 0.6 is 0 Å². The van der Waals surface area contributed by atoms with Gasteiger partial charge in [-0.3, -0.25) is 5.10 Å². The van der Waals surface area contributed by atoms with Crippen LogP contribution in [0.3, 0.4) is 0 Å². The molecular weight excluding hydrogens is 173 g/mol. The second kappa shape index (κ2) is 2.78. The van der Waals surface area contributed by atoms with E-state index in [0.29, 0.717) is 0 Å². The van der Waals surface area contributed by atoms with Gasteiger partial charge in [-0.05, 0) is 6.92 Å². The summed E-state index contributed by atoms with van der Waals surface area (Å²) in [5.41, 5.74) is -1.22. The Bertz CT molecular complexity index is 266. The van der Waals surface area contributed by atoms with E-state index in [2.05, 4.69) is 5.10 Å². The molecule has 0 spiro atoms. The van der Waals surface area contributed by atoms with Crippen LogP contribution in [0.4, 0.5) is 13.2 Å². The molecule has 0 fully saturated rings. The molecule has 1 heterocycles. The molecule has 1 rings (SSSR count). The molecule has 1 unspecified atom stereocenters. The number of nitrogens with zero attached hydrogens (tertiary/aromatic N) is 1. The fourth-order valence-corrected chi connectivity index (χ4v) is 0.839. The fraction of sp³-hybridized carbons (Fsp3) is 0.500. The first-order chi connectivity index (χ1) is 5.43. The van der Waals surface area contributed by atoms with Gasteiger partial charge in [-0.1, -0.05) is 0 Å². The van der Waals surface area contributed by atoms with Gasteiger partial charge < -0.3 is 5.11 Å². The lowest BCUT2D eigenvalue weighted by molar-refractivity contribution is -0.142. The molecule has 0 saturated carbocycles. The lowest BCUT2D eigenvalue weighted by atomic mass is 10.1. The number of aromatic amines is 1. The molecule has 0 aliphatic rings. The maximum absolute atomic E-state index is 12.1. The highest BCUT2D eigenvalue weighted by Gasteiger charge is 2.36. The molecule has 3 nitrogen and oxygen atoms in total. The van der Waals surface area contributed by atoms with E-state index in [0.717, 1.165) is 6.20 Å². The monoisotopic (exact) mass is 180 g/mol. The van der Waals surface area contributed by atoms with Crippen LogP contribution in [0.2, 0.25) is 0 Å². The van der Waals surface area contributed by atoms with E-state index >= 15 is 0 Å². The van der Waals surface area contributed by atoms with Crippen molar-refractivity contribution in [3.8, 4) is 0 Å². The number of hydrogen-bond donors (Lipinski definition) is 2. The van der Waals surface area contributed by atoms with Crippen LogP contribution in [-0.4, -0.2) is 15.3 Å². The minimum atomic E-state index is -4.48. The molecule has 6 heteroatoms. The first kappa shape index (κ1) is 9.05. The average Bonchev–Trinajstić information content (AvgIpc) is 2.30. The number of H-pyrrole nitrogens is 1. The molecule has 0 saturated heterocycles. The molecule has 0 aliphatic heterocycles. The van der Waals surface area contributed by atoms with Crippen LogP contribution in [0.5, 0.6) is 0 Å². The van der Waals surface area contributed by atoms with Gasteiger partial charge in [-0.2, -0.15) is 18.3 Å². The average molecular weight is 180 g/mol. The number of aliphatic hydroxyl groups excluding tert-OH is 1. The van der Waals surface area contributed by atoms with E-state index in [-0.39, 0.29) is 5.56 Å². The van der Waals surface area contributed by atoms with Gasteiger partial charge in [-0.15, -0.1) is 0 Å². The lowest BCUT2D eigenvalue weighted by Crippen LogP contribution is -2.10. The summed E-state index contributed by atoms with van der Waals surface area (Å²) >= 11 is 0. The Morgan fingerprint density at radius 2 is 2.17 bits per heavy atom. The van der Waals surface area contributed by atoms with Gasteiger partial charge in [0.25, 0.3) is 0 Å². The molecule has 0 amide bonds. The van der Waals surface area contributed by atoms with Crippen molar-refractivity contribution < 1.29 is 18.3 Å². The Hall–Kier alpha value is -1.04. The van der Waals surface area contributed by atoms with Crippen LogP contribution in [0.1, 0.15) is 24.3 Å². The maximum atomic E-state index is 12.1. The van der Waals surface area contributed by atoms with Gasteiger partial charge in [0.05, 0.1) is 12.3 Å². The third-order valence-corrected chi connectivity index (χ3v) is 1.40. The summed E-state index contributed by atoms with van der Waals surface area (Å²) in [5.74, 6) is 0. The number of rotatable bonds is 1. The molecule has 1 aromatic rings. The predicted octanol–water partition coefficient (Wildman–Crippen LogP) is 1.48. The van der Waals surface area contributed by atoms with Crippen molar-refractivity contribution in [3.05, 3.63) is 17.5 Å². The number of nitrogens with one attached hydrogen (secondary N) is 1. The smallest absolute Gasteiger partial charge is 0.389 e. The van der Waals surface area contributed by atoms with Crippen LogP contribution in [0, 0.1) is 0 Å². The highest BCUT2D eigenvalue weighted by atomic mass is 19.4. The molecule has 0 aliphatic carbocycles. The molecule has 2 N–H and O–H groups in total. The van der Waals surface area contributed by atoms with Crippen molar-refractivity contribution in [1.82, 2.24) is 10.2 Å². The van der Waals surface area contributed by atoms with E-state index in [1.807, 2.05) is 0 Å². The SMILES string of the molecule is CC(O)c1cn[nH]c1C(F)(F)F. The largest absolute Gasteiger partial charge is 0.433 e. The summed E-state index contributed by atoms with van der Waals surface area (Å²) in [7, 11) is 0. The second-order valence-corrected chi connectivity index (χ2v) is 2.37. The minimum Gasteiger partial charge on any atom is -0.389 e. The summed E-state index contributed by atoms with van der Waals surface area (Å²) in [6, 6.07) is 0. The third-order valence-electron chi connectivity index (χ3n) is 1.40. The Morgan fingerprint density at radius 1 is 1.58 bits per heavy atom. The molecule has 0 aromatic carbocycles. The summed E-state index contributed by atoms with van der Waals surface area (Å²) in [6.45, 7) is 1.25. The van der Waals surface area contributed by atoms with Crippen LogP contribution in [0.15, 0.2) is 6.20 Å². The summed E-state index contributed by atoms with van der Waals surface area (Å²) in [6.07, 6.45) is -4.68. The quantitative estimate of drug-likeness (QED) is 0.687. The van der Waals surface area contributed by atoms with Crippen molar-refractivity contribution in [1.29, 1.82) is 0 Å². The normalized spacial score (nSPS) is 14.8. The number of halogens is 3. The van der Waals surface area contributed by atoms with E-state index in [4.69, 9.17) is 5.11 Å². The van der Waals surface area contributed by atoms with E-state index in [9.17, 15) is 13.2 Å². The van der Waals surface area contributed by atoms with Crippen molar-refractivity contribution in [3.63, 3.8) is 0 Å². The zero-order chi connectivity index (χ0) is 9.35. The number of aromatic nitrogens is 2. The van der Waals surface area contributed by atoms with E-state index in [1.165, 1.54) is 6.92 Å². The van der Waals surface area contributed by atoms with Crippen LogP contribution in [-0.2, 0) is 6.18 Å². The number of hydrogen-bond acceptors (Lipinski definition) is 2. The lowest BCUT2D eigenvalue weighted by Gasteiger charge is -2.07. The van der Waals surface area contributed by atoms with E-state index < -0.39 is 18.0 Å². The second-order valence-electron chi connectivity index (χ2n) is 2.37. The van der Waals surface area contributed by atoms with Crippen molar-refractivity contribution in [2.45, 2.75) is 19.2 Å². The molecule has 0 radical (unpaired) electrons. The fourth-order valence-electron chi connectivity index (χ4n) is 0.839. The van der Waals surface area contributed by atoms with Crippen LogP contribution < -0.4 is 0 Å². The Morgan fingerprint density at radius 3 is 2.50 bits per heavy atom. The highest BCUT2D eigenvalue weighted by molar-refractivity contribution is 5.21. The molecular formula is C6H7F3N2O. The molecule has 1 atom stereocenters. The first-order valence-corrected chi connectivity index (χ1v) is 3.21. The summed E-state index contributed by atoms with van der Waals surface area (Å²) in [5, 5.41) is 13.9. The van der Waals surface area contributed by atoms with Crippen molar-refractivity contribution >= 4 is 0 Å². The zero-order valence-electron chi connectivity index (χ0n) is 6.18. The highest BCUT2D eigenvalue weighted by Crippen LogP contribution is 2.32. The summed E-state index contributed by atoms with van der Waals surface area (Å²) in [4.78, 5) is 0. The predicted molar refractivity (Wildman–Crippen MR) is 34.2 cm³/mol. The molecule has 68 valence electrons. The summed E-state index contributed by atoms with van der Waals surface area (Å²) < 4.78 is 36.2.